The lowest BCUT2D eigenvalue weighted by Gasteiger charge is -2.21. The molecule has 0 amide bonds. The van der Waals surface area contributed by atoms with Crippen LogP contribution in [0.2, 0.25) is 0 Å². The fraction of sp³-hybridized carbons (Fsp3) is 0.400. The Morgan fingerprint density at radius 1 is 0.694 bits per heavy atom. The van der Waals surface area contributed by atoms with Gasteiger partial charge in [0.2, 0.25) is 0 Å². The molecule has 3 aromatic carbocycles. The summed E-state index contributed by atoms with van der Waals surface area (Å²) in [6, 6.07) is 29.9. The molecule has 0 fully saturated rings. The molecule has 0 aromatic heterocycles. The zero-order valence-electron chi connectivity index (χ0n) is 22.0. The third-order valence-corrected chi connectivity index (χ3v) is 8.21. The Balaban J connectivity index is 0.000000324. The van der Waals surface area contributed by atoms with Gasteiger partial charge < -0.3 is 9.29 Å². The SMILES string of the molecule is CC(C)(C)Oc1ccc([S+](c2ccccc2)c2ccccc2)cc1.CCCCCCCCS(=O)(=O)[O-]. The van der Waals surface area contributed by atoms with Crippen molar-refractivity contribution in [2.45, 2.75) is 86.5 Å². The van der Waals surface area contributed by atoms with Crippen LogP contribution in [0.3, 0.4) is 0 Å². The van der Waals surface area contributed by atoms with Gasteiger partial charge in [-0.05, 0) is 75.7 Å². The van der Waals surface area contributed by atoms with E-state index >= 15 is 0 Å². The highest BCUT2D eigenvalue weighted by Gasteiger charge is 2.28. The van der Waals surface area contributed by atoms with Crippen LogP contribution in [0.25, 0.3) is 0 Å². The maximum Gasteiger partial charge on any atom is 0.166 e. The summed E-state index contributed by atoms with van der Waals surface area (Å²) < 4.78 is 36.4. The molecule has 0 unspecified atom stereocenters. The quantitative estimate of drug-likeness (QED) is 0.144. The standard InChI is InChI=1S/C22H23OS.C8H18O3S/c1-22(2,3)23-18-14-16-21(17-15-18)24(19-10-6-4-7-11-19)20-12-8-5-9-13-20;1-2-3-4-5-6-7-8-12(9,10)11/h4-17H,1-3H3;2-8H2,1H3,(H,9,10,11)/q+1;/p-1. The number of hydrogen-bond donors (Lipinski definition) is 0. The number of benzene rings is 3. The second kappa shape index (κ2) is 15.1. The maximum atomic E-state index is 10.2. The van der Waals surface area contributed by atoms with Gasteiger partial charge in [-0.15, -0.1) is 0 Å². The van der Waals surface area contributed by atoms with E-state index in [1.807, 2.05) is 0 Å². The molecule has 0 bridgehead atoms. The number of ether oxygens (including phenoxy) is 1. The highest BCUT2D eigenvalue weighted by atomic mass is 32.2. The van der Waals surface area contributed by atoms with Gasteiger partial charge >= 0.3 is 0 Å². The molecule has 0 spiro atoms. The first-order valence-electron chi connectivity index (χ1n) is 12.7. The average molecular weight is 529 g/mol. The molecule has 0 aliphatic heterocycles. The van der Waals surface area contributed by atoms with E-state index in [9.17, 15) is 13.0 Å². The monoisotopic (exact) mass is 528 g/mol. The van der Waals surface area contributed by atoms with Crippen LogP contribution in [0, 0.1) is 0 Å². The van der Waals surface area contributed by atoms with Crippen LogP contribution in [0.5, 0.6) is 5.75 Å². The van der Waals surface area contributed by atoms with Gasteiger partial charge in [-0.3, -0.25) is 0 Å². The van der Waals surface area contributed by atoms with Gasteiger partial charge in [0, 0.05) is 5.75 Å². The first-order chi connectivity index (χ1) is 17.1. The number of rotatable bonds is 11. The van der Waals surface area contributed by atoms with Gasteiger partial charge in [0.1, 0.15) is 11.4 Å². The first kappa shape index (κ1) is 29.9. The normalized spacial score (nSPS) is 11.6. The van der Waals surface area contributed by atoms with E-state index in [0.29, 0.717) is 6.42 Å². The number of unbranched alkanes of at least 4 members (excludes halogenated alkanes) is 5. The lowest BCUT2D eigenvalue weighted by Crippen LogP contribution is -2.22. The molecule has 0 heterocycles. The van der Waals surface area contributed by atoms with Gasteiger partial charge in [0.15, 0.2) is 14.7 Å². The predicted molar refractivity (Wildman–Crippen MR) is 150 cm³/mol. The number of hydrogen-bond acceptors (Lipinski definition) is 4. The summed E-state index contributed by atoms with van der Waals surface area (Å²) in [6.45, 7) is 8.33. The molecule has 0 aliphatic carbocycles. The zero-order valence-corrected chi connectivity index (χ0v) is 23.6. The molecule has 0 atom stereocenters. The van der Waals surface area contributed by atoms with Crippen LogP contribution in [0.15, 0.2) is 99.6 Å². The molecule has 0 aliphatic rings. The van der Waals surface area contributed by atoms with Gasteiger partial charge in [-0.2, -0.15) is 0 Å². The van der Waals surface area contributed by atoms with Crippen molar-refractivity contribution in [2.75, 3.05) is 5.75 Å². The molecule has 0 saturated carbocycles. The van der Waals surface area contributed by atoms with Gasteiger partial charge in [-0.1, -0.05) is 75.4 Å². The van der Waals surface area contributed by atoms with Crippen LogP contribution in [0.4, 0.5) is 0 Å². The van der Waals surface area contributed by atoms with Gasteiger partial charge in [0.25, 0.3) is 0 Å². The molecule has 0 N–H and O–H groups in total. The summed E-state index contributed by atoms with van der Waals surface area (Å²) in [5.74, 6) is 0.718. The Morgan fingerprint density at radius 2 is 1.14 bits per heavy atom. The fourth-order valence-corrected chi connectivity index (χ4v) is 6.22. The first-order valence-corrected chi connectivity index (χ1v) is 15.5. The summed E-state index contributed by atoms with van der Waals surface area (Å²) in [4.78, 5) is 3.95. The van der Waals surface area contributed by atoms with Gasteiger partial charge in [-0.25, -0.2) is 8.42 Å². The minimum atomic E-state index is -3.97. The lowest BCUT2D eigenvalue weighted by atomic mass is 10.1. The summed E-state index contributed by atoms with van der Waals surface area (Å²) in [5, 5.41) is 0. The second-order valence-corrected chi connectivity index (χ2v) is 13.2. The van der Waals surface area contributed by atoms with E-state index in [4.69, 9.17) is 4.74 Å². The summed E-state index contributed by atoms with van der Waals surface area (Å²) in [6.07, 6.45) is 5.96. The van der Waals surface area contributed by atoms with E-state index in [1.165, 1.54) is 27.5 Å². The van der Waals surface area contributed by atoms with Crippen molar-refractivity contribution in [3.8, 4) is 5.75 Å². The van der Waals surface area contributed by atoms with Crippen LogP contribution in [0.1, 0.15) is 66.2 Å². The van der Waals surface area contributed by atoms with Crippen molar-refractivity contribution in [3.05, 3.63) is 84.9 Å². The van der Waals surface area contributed by atoms with Crippen molar-refractivity contribution in [3.63, 3.8) is 0 Å². The molecule has 0 saturated heterocycles. The predicted octanol–water partition coefficient (Wildman–Crippen LogP) is 7.85. The van der Waals surface area contributed by atoms with E-state index in [0.717, 1.165) is 25.0 Å². The van der Waals surface area contributed by atoms with Gasteiger partial charge in [0.05, 0.1) is 21.0 Å². The van der Waals surface area contributed by atoms with Crippen LogP contribution < -0.4 is 4.74 Å². The highest BCUT2D eigenvalue weighted by molar-refractivity contribution is 7.97. The minimum Gasteiger partial charge on any atom is -0.748 e. The van der Waals surface area contributed by atoms with E-state index < -0.39 is 10.1 Å². The molecule has 36 heavy (non-hydrogen) atoms. The molecular weight excluding hydrogens is 488 g/mol. The molecule has 6 heteroatoms. The highest BCUT2D eigenvalue weighted by Crippen LogP contribution is 2.32. The third-order valence-electron chi connectivity index (χ3n) is 5.19. The van der Waals surface area contributed by atoms with Crippen molar-refractivity contribution >= 4 is 21.0 Å². The molecule has 0 radical (unpaired) electrons. The average Bonchev–Trinajstić information content (AvgIpc) is 2.83. The fourth-order valence-electron chi connectivity index (χ4n) is 3.58. The third kappa shape index (κ3) is 12.1. The summed E-state index contributed by atoms with van der Waals surface area (Å²) in [5.41, 5.74) is -0.179. The Hall–Kier alpha value is -2.28. The van der Waals surface area contributed by atoms with Crippen LogP contribution in [-0.4, -0.2) is 24.3 Å². The Bertz CT molecular complexity index is 1050. The summed E-state index contributed by atoms with van der Waals surface area (Å²) >= 11 is 0. The maximum absolute atomic E-state index is 10.2. The van der Waals surface area contributed by atoms with Crippen LogP contribution in [-0.2, 0) is 21.0 Å². The zero-order chi connectivity index (χ0) is 26.4. The smallest absolute Gasteiger partial charge is 0.166 e. The largest absolute Gasteiger partial charge is 0.748 e. The van der Waals surface area contributed by atoms with E-state index in [1.54, 1.807) is 0 Å². The van der Waals surface area contributed by atoms with Crippen LogP contribution >= 0.6 is 0 Å². The second-order valence-electron chi connectivity index (χ2n) is 9.65. The summed E-state index contributed by atoms with van der Waals surface area (Å²) in [7, 11) is -4.07. The van der Waals surface area contributed by atoms with E-state index in [2.05, 4.69) is 113 Å². The van der Waals surface area contributed by atoms with Crippen molar-refractivity contribution in [1.29, 1.82) is 0 Å². The van der Waals surface area contributed by atoms with Crippen molar-refractivity contribution < 1.29 is 17.7 Å². The molecular formula is C30H40O4S2. The molecule has 196 valence electrons. The lowest BCUT2D eigenvalue weighted by molar-refractivity contribution is 0.131. The Labute approximate surface area is 221 Å². The van der Waals surface area contributed by atoms with Crippen molar-refractivity contribution in [1.82, 2.24) is 0 Å². The molecule has 3 rings (SSSR count). The Morgan fingerprint density at radius 3 is 1.58 bits per heavy atom. The minimum absolute atomic E-state index is 0.102. The van der Waals surface area contributed by atoms with Crippen molar-refractivity contribution in [2.24, 2.45) is 0 Å². The van der Waals surface area contributed by atoms with E-state index in [-0.39, 0.29) is 22.2 Å². The Kier molecular flexibility index (Phi) is 12.5. The topological polar surface area (TPSA) is 66.4 Å². The molecule has 4 nitrogen and oxygen atoms in total. The molecule has 3 aromatic rings.